The van der Waals surface area contributed by atoms with Gasteiger partial charge in [-0.15, -0.1) is 12.3 Å². The van der Waals surface area contributed by atoms with E-state index in [0.29, 0.717) is 28.4 Å². The van der Waals surface area contributed by atoms with E-state index < -0.39 is 0 Å². The maximum absolute atomic E-state index is 11.7. The van der Waals surface area contributed by atoms with Gasteiger partial charge in [-0.1, -0.05) is 11.6 Å². The summed E-state index contributed by atoms with van der Waals surface area (Å²) in [5, 5.41) is 0.306. The minimum Gasteiger partial charge on any atom is -0.308 e. The first-order valence-corrected chi connectivity index (χ1v) is 5.87. The fourth-order valence-corrected chi connectivity index (χ4v) is 2.33. The van der Waals surface area contributed by atoms with E-state index in [0.717, 1.165) is 0 Å². The minimum absolute atomic E-state index is 0.00558. The van der Waals surface area contributed by atoms with Gasteiger partial charge in [0, 0.05) is 18.9 Å². The van der Waals surface area contributed by atoms with E-state index >= 15 is 0 Å². The maximum Gasteiger partial charge on any atom is 0.228 e. The van der Waals surface area contributed by atoms with Gasteiger partial charge in [0.15, 0.2) is 5.15 Å². The van der Waals surface area contributed by atoms with Crippen molar-refractivity contribution in [2.45, 2.75) is 6.42 Å². The van der Waals surface area contributed by atoms with Gasteiger partial charge in [0.1, 0.15) is 4.60 Å². The van der Waals surface area contributed by atoms with Crippen LogP contribution in [0.1, 0.15) is 6.42 Å². The van der Waals surface area contributed by atoms with Crippen LogP contribution in [0.2, 0.25) is 5.15 Å². The fourth-order valence-electron chi connectivity index (χ4n) is 1.66. The first-order chi connectivity index (χ1) is 7.61. The molecular weight excluding hydrogens is 291 g/mol. The number of hydrogen-bond donors (Lipinski definition) is 0. The van der Waals surface area contributed by atoms with E-state index in [1.54, 1.807) is 17.0 Å². The molecule has 1 saturated heterocycles. The monoisotopic (exact) mass is 298 g/mol. The second-order valence-corrected chi connectivity index (χ2v) is 4.69. The van der Waals surface area contributed by atoms with Crippen LogP contribution in [0.4, 0.5) is 5.69 Å². The molecule has 2 rings (SSSR count). The highest BCUT2D eigenvalue weighted by atomic mass is 79.9. The number of rotatable bonds is 1. The van der Waals surface area contributed by atoms with Crippen LogP contribution >= 0.6 is 27.5 Å². The van der Waals surface area contributed by atoms with Crippen molar-refractivity contribution in [2.24, 2.45) is 5.92 Å². The molecule has 2 heterocycles. The standard InChI is InChI=1S/C11H8BrClN2O/c1-2-7-5-10(16)15(6-7)8-3-4-9(12)14-11(8)13/h1,3-4,7H,5-6H2. The fraction of sp³-hybridized carbons (Fsp3) is 0.273. The summed E-state index contributed by atoms with van der Waals surface area (Å²) in [5.41, 5.74) is 0.618. The molecule has 5 heteroatoms. The summed E-state index contributed by atoms with van der Waals surface area (Å²) in [6.45, 7) is 0.512. The van der Waals surface area contributed by atoms with Crippen LogP contribution < -0.4 is 4.90 Å². The summed E-state index contributed by atoms with van der Waals surface area (Å²) in [5.74, 6) is 2.55. The third-order valence-electron chi connectivity index (χ3n) is 2.45. The Morgan fingerprint density at radius 2 is 2.38 bits per heavy atom. The highest BCUT2D eigenvalue weighted by Gasteiger charge is 2.30. The molecule has 0 N–H and O–H groups in total. The Labute approximate surface area is 107 Å². The molecule has 0 radical (unpaired) electrons. The second kappa shape index (κ2) is 4.44. The topological polar surface area (TPSA) is 33.2 Å². The van der Waals surface area contributed by atoms with Gasteiger partial charge in [0.2, 0.25) is 5.91 Å². The Kier molecular flexibility index (Phi) is 3.17. The molecule has 82 valence electrons. The number of carbonyl (C=O) groups excluding carboxylic acids is 1. The van der Waals surface area contributed by atoms with Crippen LogP contribution in [0, 0.1) is 18.3 Å². The van der Waals surface area contributed by atoms with Crippen molar-refractivity contribution >= 4 is 39.1 Å². The van der Waals surface area contributed by atoms with Crippen LogP contribution in [0.25, 0.3) is 0 Å². The summed E-state index contributed by atoms with van der Waals surface area (Å²) < 4.78 is 0.640. The molecule has 1 aromatic heterocycles. The lowest BCUT2D eigenvalue weighted by atomic mass is 10.1. The Balaban J connectivity index is 2.32. The second-order valence-electron chi connectivity index (χ2n) is 3.52. The van der Waals surface area contributed by atoms with E-state index in [4.69, 9.17) is 18.0 Å². The Bertz CT molecular complexity index is 483. The summed E-state index contributed by atoms with van der Waals surface area (Å²) in [6.07, 6.45) is 5.69. The molecule has 0 bridgehead atoms. The normalized spacial score (nSPS) is 19.9. The highest BCUT2D eigenvalue weighted by Crippen LogP contribution is 2.30. The SMILES string of the molecule is C#CC1CC(=O)N(c2ccc(Br)nc2Cl)C1. The van der Waals surface area contributed by atoms with Crippen molar-refractivity contribution < 1.29 is 4.79 Å². The largest absolute Gasteiger partial charge is 0.308 e. The quantitative estimate of drug-likeness (QED) is 0.589. The van der Waals surface area contributed by atoms with Gasteiger partial charge in [0.05, 0.1) is 5.69 Å². The predicted octanol–water partition coefficient (Wildman–Crippen LogP) is 2.48. The lowest BCUT2D eigenvalue weighted by Crippen LogP contribution is -2.24. The smallest absolute Gasteiger partial charge is 0.228 e. The van der Waals surface area contributed by atoms with Crippen molar-refractivity contribution in [1.82, 2.24) is 4.98 Å². The maximum atomic E-state index is 11.7. The molecule has 1 atom stereocenters. The summed E-state index contributed by atoms with van der Waals surface area (Å²) in [7, 11) is 0. The number of carbonyl (C=O) groups is 1. The zero-order chi connectivity index (χ0) is 11.7. The zero-order valence-corrected chi connectivity index (χ0v) is 10.6. The first-order valence-electron chi connectivity index (χ1n) is 4.70. The van der Waals surface area contributed by atoms with Gasteiger partial charge in [-0.3, -0.25) is 4.79 Å². The van der Waals surface area contributed by atoms with E-state index in [9.17, 15) is 4.79 Å². The van der Waals surface area contributed by atoms with Crippen LogP contribution in [-0.4, -0.2) is 17.4 Å². The molecule has 0 aromatic carbocycles. The van der Waals surface area contributed by atoms with Crippen molar-refractivity contribution in [2.75, 3.05) is 11.4 Å². The molecule has 1 aliphatic heterocycles. The van der Waals surface area contributed by atoms with Crippen molar-refractivity contribution in [3.05, 3.63) is 21.9 Å². The van der Waals surface area contributed by atoms with E-state index in [1.807, 2.05) is 0 Å². The minimum atomic E-state index is -0.0350. The highest BCUT2D eigenvalue weighted by molar-refractivity contribution is 9.10. The summed E-state index contributed by atoms with van der Waals surface area (Å²) in [4.78, 5) is 17.3. The Hall–Kier alpha value is -1.05. The Morgan fingerprint density at radius 1 is 1.62 bits per heavy atom. The van der Waals surface area contributed by atoms with Crippen molar-refractivity contribution in [3.8, 4) is 12.3 Å². The number of terminal acetylenes is 1. The Morgan fingerprint density at radius 3 is 2.94 bits per heavy atom. The number of hydrogen-bond acceptors (Lipinski definition) is 2. The van der Waals surface area contributed by atoms with Gasteiger partial charge >= 0.3 is 0 Å². The van der Waals surface area contributed by atoms with Gasteiger partial charge in [0.25, 0.3) is 0 Å². The van der Waals surface area contributed by atoms with Crippen molar-refractivity contribution in [1.29, 1.82) is 0 Å². The zero-order valence-electron chi connectivity index (χ0n) is 8.28. The van der Waals surface area contributed by atoms with Crippen LogP contribution in [-0.2, 0) is 4.79 Å². The number of nitrogens with zero attached hydrogens (tertiary/aromatic N) is 2. The van der Waals surface area contributed by atoms with Gasteiger partial charge in [-0.25, -0.2) is 4.98 Å². The van der Waals surface area contributed by atoms with E-state index in [-0.39, 0.29) is 11.8 Å². The first kappa shape index (κ1) is 11.4. The van der Waals surface area contributed by atoms with Crippen LogP contribution in [0.3, 0.4) is 0 Å². The number of pyridine rings is 1. The molecule has 0 aliphatic carbocycles. The molecule has 1 aliphatic rings. The third kappa shape index (κ3) is 2.06. The summed E-state index contributed by atoms with van der Waals surface area (Å²) in [6, 6.07) is 3.51. The molecular formula is C11H8BrClN2O. The van der Waals surface area contributed by atoms with Gasteiger partial charge in [-0.2, -0.15) is 0 Å². The van der Waals surface area contributed by atoms with E-state index in [2.05, 4.69) is 26.8 Å². The molecule has 1 aromatic rings. The van der Waals surface area contributed by atoms with Crippen LogP contribution in [0.5, 0.6) is 0 Å². The lowest BCUT2D eigenvalue weighted by Gasteiger charge is -2.16. The van der Waals surface area contributed by atoms with Crippen molar-refractivity contribution in [3.63, 3.8) is 0 Å². The molecule has 0 spiro atoms. The molecule has 1 unspecified atom stereocenters. The van der Waals surface area contributed by atoms with Gasteiger partial charge < -0.3 is 4.90 Å². The lowest BCUT2D eigenvalue weighted by molar-refractivity contribution is -0.117. The molecule has 1 fully saturated rings. The third-order valence-corrected chi connectivity index (χ3v) is 3.17. The number of amides is 1. The molecule has 16 heavy (non-hydrogen) atoms. The number of aromatic nitrogens is 1. The van der Waals surface area contributed by atoms with E-state index in [1.165, 1.54) is 0 Å². The predicted molar refractivity (Wildman–Crippen MR) is 66.2 cm³/mol. The van der Waals surface area contributed by atoms with Crippen LogP contribution in [0.15, 0.2) is 16.7 Å². The number of anilines is 1. The molecule has 3 nitrogen and oxygen atoms in total. The average molecular weight is 300 g/mol. The van der Waals surface area contributed by atoms with Gasteiger partial charge in [-0.05, 0) is 28.1 Å². The molecule has 0 saturated carbocycles. The summed E-state index contributed by atoms with van der Waals surface area (Å²) >= 11 is 9.19. The molecule has 1 amide bonds. The number of halogens is 2. The average Bonchev–Trinajstić information content (AvgIpc) is 2.60.